The van der Waals surface area contributed by atoms with Gasteiger partial charge in [-0.1, -0.05) is 18.2 Å². The summed E-state index contributed by atoms with van der Waals surface area (Å²) in [5, 5.41) is 6.28. The standard InChI is InChI=1S/C20H32N4O4S.HI/c1-21-20(22-9-4-12-27-15-17-8-13-28-16-17)23-10-14-29(25,26)24-11-7-18-5-2-3-6-19(18)24;/h2-3,5-6,17H,4,7-16H2,1H3,(H2,21,22,23);1H. The lowest BCUT2D eigenvalue weighted by Gasteiger charge is -2.20. The summed E-state index contributed by atoms with van der Waals surface area (Å²) in [5.74, 6) is 1.15. The first-order valence-electron chi connectivity index (χ1n) is 10.3. The largest absolute Gasteiger partial charge is 0.381 e. The number of para-hydroxylation sites is 1. The van der Waals surface area contributed by atoms with Crippen LogP contribution in [0.2, 0.25) is 0 Å². The lowest BCUT2D eigenvalue weighted by Crippen LogP contribution is -2.42. The third-order valence-electron chi connectivity index (χ3n) is 5.19. The molecule has 2 N–H and O–H groups in total. The molecule has 1 aromatic carbocycles. The molecule has 170 valence electrons. The van der Waals surface area contributed by atoms with Crippen LogP contribution >= 0.6 is 24.0 Å². The molecular formula is C20H33IN4O4S. The molecule has 2 heterocycles. The lowest BCUT2D eigenvalue weighted by molar-refractivity contribution is 0.0888. The number of aliphatic imine (C=N–C) groups is 1. The molecule has 10 heteroatoms. The van der Waals surface area contributed by atoms with Crippen molar-refractivity contribution in [2.75, 3.05) is 63.2 Å². The molecule has 1 aromatic rings. The average Bonchev–Trinajstić information content (AvgIpc) is 3.39. The van der Waals surface area contributed by atoms with Crippen molar-refractivity contribution in [3.05, 3.63) is 29.8 Å². The van der Waals surface area contributed by atoms with Gasteiger partial charge in [-0.15, -0.1) is 24.0 Å². The molecule has 0 amide bonds. The van der Waals surface area contributed by atoms with Crippen molar-refractivity contribution in [2.45, 2.75) is 19.3 Å². The van der Waals surface area contributed by atoms with E-state index >= 15 is 0 Å². The molecule has 1 atom stereocenters. The second-order valence-corrected chi connectivity index (χ2v) is 9.36. The summed E-state index contributed by atoms with van der Waals surface area (Å²) in [7, 11) is -1.68. The van der Waals surface area contributed by atoms with Crippen LogP contribution in [0, 0.1) is 5.92 Å². The molecule has 1 saturated heterocycles. The number of ether oxygens (including phenoxy) is 2. The Balaban J connectivity index is 0.00000320. The highest BCUT2D eigenvalue weighted by atomic mass is 127. The molecule has 2 aliphatic rings. The minimum atomic E-state index is -3.36. The number of benzene rings is 1. The van der Waals surface area contributed by atoms with Gasteiger partial charge in [0.15, 0.2) is 5.96 Å². The van der Waals surface area contributed by atoms with Crippen LogP contribution in [0.3, 0.4) is 0 Å². The summed E-state index contributed by atoms with van der Waals surface area (Å²) < 4.78 is 37.9. The zero-order valence-corrected chi connectivity index (χ0v) is 20.7. The van der Waals surface area contributed by atoms with Crippen molar-refractivity contribution in [1.82, 2.24) is 10.6 Å². The van der Waals surface area contributed by atoms with Crippen molar-refractivity contribution in [3.8, 4) is 0 Å². The van der Waals surface area contributed by atoms with Crippen LogP contribution in [0.5, 0.6) is 0 Å². The maximum absolute atomic E-state index is 12.7. The van der Waals surface area contributed by atoms with Gasteiger partial charge in [0.1, 0.15) is 0 Å². The monoisotopic (exact) mass is 552 g/mol. The zero-order valence-electron chi connectivity index (χ0n) is 17.5. The maximum Gasteiger partial charge on any atom is 0.236 e. The molecular weight excluding hydrogens is 519 g/mol. The molecule has 0 aromatic heterocycles. The lowest BCUT2D eigenvalue weighted by atomic mass is 10.1. The number of sulfonamides is 1. The average molecular weight is 552 g/mol. The molecule has 1 unspecified atom stereocenters. The van der Waals surface area contributed by atoms with Gasteiger partial charge in [-0.05, 0) is 30.9 Å². The van der Waals surface area contributed by atoms with Crippen LogP contribution < -0.4 is 14.9 Å². The van der Waals surface area contributed by atoms with Crippen molar-refractivity contribution < 1.29 is 17.9 Å². The number of anilines is 1. The van der Waals surface area contributed by atoms with Gasteiger partial charge in [-0.25, -0.2) is 8.42 Å². The number of hydrogen-bond donors (Lipinski definition) is 2. The van der Waals surface area contributed by atoms with Gasteiger partial charge in [0.25, 0.3) is 0 Å². The van der Waals surface area contributed by atoms with E-state index in [4.69, 9.17) is 9.47 Å². The summed E-state index contributed by atoms with van der Waals surface area (Å²) in [6.07, 6.45) is 2.71. The zero-order chi connectivity index (χ0) is 20.5. The SMILES string of the molecule is CN=C(NCCCOCC1CCOC1)NCCS(=O)(=O)N1CCc2ccccc21.I. The fraction of sp³-hybridized carbons (Fsp3) is 0.650. The van der Waals surface area contributed by atoms with Crippen LogP contribution in [0.15, 0.2) is 29.3 Å². The molecule has 0 bridgehead atoms. The molecule has 0 radical (unpaired) electrons. The fourth-order valence-corrected chi connectivity index (χ4v) is 5.00. The van der Waals surface area contributed by atoms with Crippen molar-refractivity contribution in [3.63, 3.8) is 0 Å². The van der Waals surface area contributed by atoms with E-state index in [9.17, 15) is 8.42 Å². The summed E-state index contributed by atoms with van der Waals surface area (Å²) >= 11 is 0. The molecule has 30 heavy (non-hydrogen) atoms. The topological polar surface area (TPSA) is 92.3 Å². The first-order chi connectivity index (χ1) is 14.1. The number of fused-ring (bicyclic) bond motifs is 1. The molecule has 0 saturated carbocycles. The number of halogens is 1. The van der Waals surface area contributed by atoms with Gasteiger partial charge in [0.2, 0.25) is 10.0 Å². The number of nitrogens with zero attached hydrogens (tertiary/aromatic N) is 2. The third kappa shape index (κ3) is 7.24. The first-order valence-corrected chi connectivity index (χ1v) is 11.9. The molecule has 2 aliphatic heterocycles. The smallest absolute Gasteiger partial charge is 0.236 e. The normalized spacial score (nSPS) is 18.8. The number of guanidine groups is 1. The van der Waals surface area contributed by atoms with Crippen molar-refractivity contribution in [1.29, 1.82) is 0 Å². The van der Waals surface area contributed by atoms with E-state index < -0.39 is 10.0 Å². The van der Waals surface area contributed by atoms with E-state index in [-0.39, 0.29) is 29.7 Å². The molecule has 0 aliphatic carbocycles. The number of rotatable bonds is 10. The Morgan fingerprint density at radius 3 is 2.87 bits per heavy atom. The van der Waals surface area contributed by atoms with E-state index in [1.54, 1.807) is 7.05 Å². The molecule has 3 rings (SSSR count). The van der Waals surface area contributed by atoms with Gasteiger partial charge in [-0.3, -0.25) is 9.30 Å². The van der Waals surface area contributed by atoms with Crippen LogP contribution in [0.25, 0.3) is 0 Å². The second kappa shape index (κ2) is 12.7. The van der Waals surface area contributed by atoms with Crippen LogP contribution in [0.4, 0.5) is 5.69 Å². The predicted octanol–water partition coefficient (Wildman–Crippen LogP) is 1.61. The molecule has 1 fully saturated rings. The van der Waals surface area contributed by atoms with Crippen LogP contribution in [0.1, 0.15) is 18.4 Å². The second-order valence-electron chi connectivity index (χ2n) is 7.35. The van der Waals surface area contributed by atoms with Gasteiger partial charge in [0, 0.05) is 45.8 Å². The number of hydrogen-bond acceptors (Lipinski definition) is 5. The minimum absolute atomic E-state index is 0. The highest BCUT2D eigenvalue weighted by Gasteiger charge is 2.28. The van der Waals surface area contributed by atoms with E-state index in [0.29, 0.717) is 38.1 Å². The quantitative estimate of drug-likeness (QED) is 0.198. The molecule has 0 spiro atoms. The Morgan fingerprint density at radius 1 is 1.30 bits per heavy atom. The van der Waals surface area contributed by atoms with Crippen molar-refractivity contribution in [2.24, 2.45) is 10.9 Å². The predicted molar refractivity (Wildman–Crippen MR) is 130 cm³/mol. The van der Waals surface area contributed by atoms with Crippen LogP contribution in [-0.2, 0) is 25.9 Å². The van der Waals surface area contributed by atoms with Gasteiger partial charge in [0.05, 0.1) is 24.7 Å². The Labute approximate surface area is 196 Å². The van der Waals surface area contributed by atoms with E-state index in [0.717, 1.165) is 50.3 Å². The van der Waals surface area contributed by atoms with Gasteiger partial charge in [-0.2, -0.15) is 0 Å². The van der Waals surface area contributed by atoms with Crippen LogP contribution in [-0.4, -0.2) is 73.2 Å². The Hall–Kier alpha value is -1.11. The highest BCUT2D eigenvalue weighted by Crippen LogP contribution is 2.29. The summed E-state index contributed by atoms with van der Waals surface area (Å²) in [6.45, 7) is 4.62. The number of nitrogens with one attached hydrogen (secondary N) is 2. The molecule has 8 nitrogen and oxygen atoms in total. The van der Waals surface area contributed by atoms with E-state index in [2.05, 4.69) is 15.6 Å². The van der Waals surface area contributed by atoms with E-state index in [1.807, 2.05) is 24.3 Å². The van der Waals surface area contributed by atoms with Gasteiger partial charge >= 0.3 is 0 Å². The van der Waals surface area contributed by atoms with Gasteiger partial charge < -0.3 is 20.1 Å². The Bertz CT molecular complexity index is 785. The highest BCUT2D eigenvalue weighted by molar-refractivity contribution is 14.0. The summed E-state index contributed by atoms with van der Waals surface area (Å²) in [5.41, 5.74) is 1.89. The Morgan fingerprint density at radius 2 is 2.10 bits per heavy atom. The fourth-order valence-electron chi connectivity index (χ4n) is 3.57. The maximum atomic E-state index is 12.7. The minimum Gasteiger partial charge on any atom is -0.381 e. The van der Waals surface area contributed by atoms with Crippen molar-refractivity contribution >= 4 is 45.6 Å². The van der Waals surface area contributed by atoms with E-state index in [1.165, 1.54) is 4.31 Å². The summed E-state index contributed by atoms with van der Waals surface area (Å²) in [4.78, 5) is 4.15. The third-order valence-corrected chi connectivity index (χ3v) is 6.96. The Kier molecular flexibility index (Phi) is 10.6. The first kappa shape index (κ1) is 25.2. The summed E-state index contributed by atoms with van der Waals surface area (Å²) in [6, 6.07) is 7.68.